The highest BCUT2D eigenvalue weighted by atomic mass is 16.7. The molecule has 35 heavy (non-hydrogen) atoms. The first-order valence-corrected chi connectivity index (χ1v) is 10.7. The van der Waals surface area contributed by atoms with Gasteiger partial charge in [0, 0.05) is 20.3 Å². The van der Waals surface area contributed by atoms with Gasteiger partial charge in [0.05, 0.1) is 25.4 Å². The second-order valence-electron chi connectivity index (χ2n) is 8.46. The first-order chi connectivity index (χ1) is 16.2. The summed E-state index contributed by atoms with van der Waals surface area (Å²) < 4.78 is 15.9. The smallest absolute Gasteiger partial charge is 0.364 e. The van der Waals surface area contributed by atoms with Crippen molar-refractivity contribution in [3.8, 4) is 0 Å². The summed E-state index contributed by atoms with van der Waals surface area (Å²) in [6, 6.07) is -2.80. The monoisotopic (exact) mass is 512 g/mol. The molecule has 16 heteroatoms. The molecular formula is C19H32N2O14. The molecule has 2 saturated heterocycles. The van der Waals surface area contributed by atoms with Crippen LogP contribution >= 0.6 is 0 Å². The second-order valence-corrected chi connectivity index (χ2v) is 8.46. The molecule has 0 aromatic carbocycles. The first-order valence-electron chi connectivity index (χ1n) is 10.7. The fraction of sp³-hybridized carbons (Fsp3) is 0.842. The lowest BCUT2D eigenvalue weighted by Crippen LogP contribution is -2.68. The van der Waals surface area contributed by atoms with E-state index in [4.69, 9.17) is 19.3 Å². The lowest BCUT2D eigenvalue weighted by Gasteiger charge is -2.47. The van der Waals surface area contributed by atoms with Gasteiger partial charge in [0.2, 0.25) is 11.8 Å². The van der Waals surface area contributed by atoms with E-state index in [0.29, 0.717) is 0 Å². The van der Waals surface area contributed by atoms with E-state index in [-0.39, 0.29) is 0 Å². The van der Waals surface area contributed by atoms with Gasteiger partial charge in [-0.15, -0.1) is 0 Å². The Morgan fingerprint density at radius 2 is 1.60 bits per heavy atom. The van der Waals surface area contributed by atoms with Crippen LogP contribution in [0.4, 0.5) is 0 Å². The number of aliphatic hydroxyl groups is 7. The summed E-state index contributed by atoms with van der Waals surface area (Å²) in [4.78, 5) is 34.9. The van der Waals surface area contributed by atoms with Crippen molar-refractivity contribution in [1.29, 1.82) is 0 Å². The van der Waals surface area contributed by atoms with Crippen molar-refractivity contribution in [2.75, 3.05) is 13.2 Å². The quantitative estimate of drug-likeness (QED) is 0.138. The maximum Gasteiger partial charge on any atom is 0.364 e. The highest BCUT2D eigenvalue weighted by Crippen LogP contribution is 2.34. The van der Waals surface area contributed by atoms with E-state index in [1.807, 2.05) is 0 Å². The van der Waals surface area contributed by atoms with Gasteiger partial charge >= 0.3 is 5.97 Å². The van der Waals surface area contributed by atoms with E-state index in [2.05, 4.69) is 10.6 Å². The lowest BCUT2D eigenvalue weighted by molar-refractivity contribution is -0.328. The molecule has 2 aliphatic rings. The Morgan fingerprint density at radius 3 is 2.11 bits per heavy atom. The summed E-state index contributed by atoms with van der Waals surface area (Å²) in [6.07, 6.45) is -14.9. The number of rotatable bonds is 9. The average molecular weight is 512 g/mol. The van der Waals surface area contributed by atoms with Crippen LogP contribution in [0, 0.1) is 0 Å². The van der Waals surface area contributed by atoms with Crippen molar-refractivity contribution < 1.29 is 69.4 Å². The van der Waals surface area contributed by atoms with Crippen LogP contribution in [0.15, 0.2) is 0 Å². The number of aliphatic hydroxyl groups excluding tert-OH is 7. The Hall–Kier alpha value is -1.99. The number of hydrogen-bond donors (Lipinski definition) is 10. The number of carbonyl (C=O) groups excluding carboxylic acids is 2. The molecule has 0 aliphatic carbocycles. The van der Waals surface area contributed by atoms with Crippen molar-refractivity contribution in [3.05, 3.63) is 0 Å². The molecule has 2 heterocycles. The predicted molar refractivity (Wildman–Crippen MR) is 109 cm³/mol. The zero-order valence-corrected chi connectivity index (χ0v) is 18.9. The Labute approximate surface area is 199 Å². The first kappa shape index (κ1) is 29.2. The molecule has 0 aromatic rings. The molecule has 1 unspecified atom stereocenters. The number of amides is 2. The van der Waals surface area contributed by atoms with Crippen LogP contribution in [0.2, 0.25) is 0 Å². The van der Waals surface area contributed by atoms with Crippen molar-refractivity contribution >= 4 is 17.8 Å². The van der Waals surface area contributed by atoms with Crippen LogP contribution in [0.5, 0.6) is 0 Å². The van der Waals surface area contributed by atoms with Gasteiger partial charge in [-0.2, -0.15) is 0 Å². The Morgan fingerprint density at radius 1 is 1.03 bits per heavy atom. The van der Waals surface area contributed by atoms with Gasteiger partial charge in [-0.1, -0.05) is 0 Å². The summed E-state index contributed by atoms with van der Waals surface area (Å²) in [7, 11) is 0. The molecule has 0 bridgehead atoms. The van der Waals surface area contributed by atoms with E-state index < -0.39 is 104 Å². The predicted octanol–water partition coefficient (Wildman–Crippen LogP) is -5.90. The molecule has 2 rings (SSSR count). The van der Waals surface area contributed by atoms with Gasteiger partial charge in [0.25, 0.3) is 5.79 Å². The lowest BCUT2D eigenvalue weighted by atomic mass is 9.88. The number of hydrogen-bond acceptors (Lipinski definition) is 13. The normalized spacial score (nSPS) is 39.3. The van der Waals surface area contributed by atoms with Crippen LogP contribution in [-0.4, -0.2) is 139 Å². The number of carboxylic acid groups (broad SMARTS) is 1. The van der Waals surface area contributed by atoms with Crippen LogP contribution in [-0.2, 0) is 28.6 Å². The van der Waals surface area contributed by atoms with E-state index in [0.717, 1.165) is 13.8 Å². The number of carboxylic acids is 1. The van der Waals surface area contributed by atoms with Gasteiger partial charge in [-0.3, -0.25) is 9.59 Å². The molecule has 0 spiro atoms. The number of aliphatic carboxylic acids is 1. The van der Waals surface area contributed by atoms with E-state index in [1.165, 1.54) is 0 Å². The SMILES string of the molecule is CC(=O)N[C@H]1[C@H]([C@H](O)[C@H](O)CO)O[C@@](OC[C@H]2OC(O)[C@H](NC(C)=O)[C@@H](O)[C@@H]2O)(C(=O)O)C[C@@H]1O. The number of carbonyl (C=O) groups is 3. The minimum absolute atomic E-state index is 0.628. The van der Waals surface area contributed by atoms with E-state index in [9.17, 15) is 50.1 Å². The minimum atomic E-state index is -2.71. The van der Waals surface area contributed by atoms with Crippen LogP contribution in [0.25, 0.3) is 0 Å². The summed E-state index contributed by atoms with van der Waals surface area (Å²) in [5.41, 5.74) is 0. The number of ether oxygens (including phenoxy) is 3. The summed E-state index contributed by atoms with van der Waals surface area (Å²) in [5, 5.41) is 84.9. The highest BCUT2D eigenvalue weighted by Gasteiger charge is 2.56. The average Bonchev–Trinajstić information content (AvgIpc) is 2.78. The van der Waals surface area contributed by atoms with Crippen LogP contribution in [0.3, 0.4) is 0 Å². The summed E-state index contributed by atoms with van der Waals surface area (Å²) in [5.74, 6) is -5.80. The summed E-state index contributed by atoms with van der Waals surface area (Å²) in [6.45, 7) is 0.409. The molecule has 10 N–H and O–H groups in total. The molecule has 0 saturated carbocycles. The number of nitrogens with one attached hydrogen (secondary N) is 2. The third-order valence-corrected chi connectivity index (χ3v) is 5.76. The molecule has 0 aromatic heterocycles. The molecule has 2 aliphatic heterocycles. The Bertz CT molecular complexity index is 770. The van der Waals surface area contributed by atoms with Crippen molar-refractivity contribution in [2.45, 2.75) is 87.2 Å². The van der Waals surface area contributed by atoms with Crippen molar-refractivity contribution in [2.24, 2.45) is 0 Å². The molecule has 0 radical (unpaired) electrons. The maximum absolute atomic E-state index is 12.1. The summed E-state index contributed by atoms with van der Waals surface area (Å²) >= 11 is 0. The van der Waals surface area contributed by atoms with Crippen molar-refractivity contribution in [1.82, 2.24) is 10.6 Å². The fourth-order valence-electron chi connectivity index (χ4n) is 3.97. The van der Waals surface area contributed by atoms with E-state index >= 15 is 0 Å². The van der Waals surface area contributed by atoms with Gasteiger partial charge in [-0.05, 0) is 0 Å². The van der Waals surface area contributed by atoms with Crippen molar-refractivity contribution in [3.63, 3.8) is 0 Å². The van der Waals surface area contributed by atoms with Gasteiger partial charge in [-0.25, -0.2) is 4.79 Å². The Kier molecular flexibility index (Phi) is 9.88. The molecule has 2 amide bonds. The van der Waals surface area contributed by atoms with Crippen LogP contribution < -0.4 is 10.6 Å². The molecule has 2 fully saturated rings. The van der Waals surface area contributed by atoms with E-state index in [1.54, 1.807) is 0 Å². The van der Waals surface area contributed by atoms with Crippen LogP contribution in [0.1, 0.15) is 20.3 Å². The van der Waals surface area contributed by atoms with Gasteiger partial charge in [0.1, 0.15) is 42.7 Å². The Balaban J connectivity index is 2.25. The van der Waals surface area contributed by atoms with Gasteiger partial charge in [0.15, 0.2) is 6.29 Å². The second kappa shape index (κ2) is 11.8. The zero-order valence-electron chi connectivity index (χ0n) is 18.9. The molecule has 16 nitrogen and oxygen atoms in total. The molecule has 202 valence electrons. The zero-order chi connectivity index (χ0) is 26.7. The largest absolute Gasteiger partial charge is 0.477 e. The third kappa shape index (κ3) is 6.62. The maximum atomic E-state index is 12.1. The topological polar surface area (TPSA) is 265 Å². The minimum Gasteiger partial charge on any atom is -0.477 e. The van der Waals surface area contributed by atoms with Gasteiger partial charge < -0.3 is 65.7 Å². The highest BCUT2D eigenvalue weighted by molar-refractivity contribution is 5.76. The third-order valence-electron chi connectivity index (χ3n) is 5.76. The fourth-order valence-corrected chi connectivity index (χ4v) is 3.97. The molecule has 11 atom stereocenters. The molecular weight excluding hydrogens is 480 g/mol. The standard InChI is InChI=1S/C19H32N2O14/c1-6(23)20-11-8(25)3-19(18(31)32,35-16(11)13(27)9(26)4-22)33-5-10-14(28)15(29)12(17(30)34-10)21-7(2)24/h8-17,22,25-30H,3-5H2,1-2H3,(H,20,23)(H,21,24)(H,31,32)/t8-,9+,10+,11+,12+,13+,14+,15+,16+,17?,19+/m0/s1.